The monoisotopic (exact) mass is 348 g/mol. The van der Waals surface area contributed by atoms with Crippen molar-refractivity contribution in [3.63, 3.8) is 0 Å². The van der Waals surface area contributed by atoms with Crippen LogP contribution in [-0.2, 0) is 6.42 Å². The fraction of sp³-hybridized carbons (Fsp3) is 0.182. The average Bonchev–Trinajstić information content (AvgIpc) is 2.63. The predicted octanol–water partition coefficient (Wildman–Crippen LogP) is 4.92. The third kappa shape index (κ3) is 3.45. The Bertz CT molecular complexity index is 1060. The first-order chi connectivity index (χ1) is 12.5. The van der Waals surface area contributed by atoms with Gasteiger partial charge in [-0.15, -0.1) is 0 Å². The van der Waals surface area contributed by atoms with Crippen LogP contribution in [0.5, 0.6) is 0 Å². The molecule has 0 unspecified atom stereocenters. The Morgan fingerprint density at radius 1 is 1.15 bits per heavy atom. The molecular weight excluding hydrogens is 328 g/mol. The van der Waals surface area contributed by atoms with Gasteiger partial charge in [0.05, 0.1) is 10.9 Å². The van der Waals surface area contributed by atoms with E-state index in [1.54, 1.807) is 6.07 Å². The minimum absolute atomic E-state index is 0.0791. The number of carboxylic acids is 1. The molecular formula is C22H20O4. The number of hydrogen-bond acceptors (Lipinski definition) is 3. The van der Waals surface area contributed by atoms with Crippen LogP contribution in [0.1, 0.15) is 46.2 Å². The first kappa shape index (κ1) is 17.7. The summed E-state index contributed by atoms with van der Waals surface area (Å²) in [5, 5.41) is 9.46. The largest absolute Gasteiger partial charge is 0.478 e. The summed E-state index contributed by atoms with van der Waals surface area (Å²) in [4.78, 5) is 24.1. The summed E-state index contributed by atoms with van der Waals surface area (Å²) < 4.78 is 5.94. The molecule has 3 rings (SSSR count). The molecule has 4 nitrogen and oxygen atoms in total. The maximum atomic E-state index is 12.9. The van der Waals surface area contributed by atoms with Gasteiger partial charge in [-0.05, 0) is 48.7 Å². The standard InChI is InChI=1S/C22H20O4/c1-3-6-17-19(11-9-15-8-5-4-7-14(15)2)26-20-12-10-16(22(24)25)13-18(20)21(17)23/h4-5,7-13H,3,6H2,1-2H3,(H,24,25). The van der Waals surface area contributed by atoms with Crippen LogP contribution in [0.3, 0.4) is 0 Å². The second kappa shape index (κ2) is 7.40. The molecule has 0 aliphatic heterocycles. The van der Waals surface area contributed by atoms with Gasteiger partial charge in [0.2, 0.25) is 0 Å². The lowest BCUT2D eigenvalue weighted by Gasteiger charge is -2.07. The number of fused-ring (bicyclic) bond motifs is 1. The normalized spacial score (nSPS) is 11.3. The summed E-state index contributed by atoms with van der Waals surface area (Å²) >= 11 is 0. The quantitative estimate of drug-likeness (QED) is 0.710. The van der Waals surface area contributed by atoms with Gasteiger partial charge in [-0.1, -0.05) is 43.7 Å². The zero-order chi connectivity index (χ0) is 18.7. The molecule has 0 amide bonds. The molecule has 1 N–H and O–H groups in total. The van der Waals surface area contributed by atoms with E-state index in [4.69, 9.17) is 9.52 Å². The molecule has 4 heteroatoms. The molecule has 0 fully saturated rings. The number of hydrogen-bond donors (Lipinski definition) is 1. The van der Waals surface area contributed by atoms with Crippen LogP contribution in [0.2, 0.25) is 0 Å². The Labute approximate surface area is 151 Å². The molecule has 0 aliphatic rings. The van der Waals surface area contributed by atoms with Crippen molar-refractivity contribution < 1.29 is 14.3 Å². The molecule has 3 aromatic rings. The van der Waals surface area contributed by atoms with E-state index in [1.807, 2.05) is 50.3 Å². The van der Waals surface area contributed by atoms with Crippen molar-refractivity contribution in [3.8, 4) is 0 Å². The number of aryl methyl sites for hydroxylation is 1. The third-order valence-electron chi connectivity index (χ3n) is 4.37. The lowest BCUT2D eigenvalue weighted by molar-refractivity contribution is 0.0697. The van der Waals surface area contributed by atoms with Crippen molar-refractivity contribution in [1.82, 2.24) is 0 Å². The summed E-state index contributed by atoms with van der Waals surface area (Å²) in [6.07, 6.45) is 5.12. The first-order valence-electron chi connectivity index (χ1n) is 8.58. The molecule has 0 aliphatic carbocycles. The molecule has 132 valence electrons. The second-order valence-corrected chi connectivity index (χ2v) is 6.23. The van der Waals surface area contributed by atoms with Crippen LogP contribution in [0.4, 0.5) is 0 Å². The van der Waals surface area contributed by atoms with Gasteiger partial charge < -0.3 is 9.52 Å². The molecule has 1 heterocycles. The second-order valence-electron chi connectivity index (χ2n) is 6.23. The van der Waals surface area contributed by atoms with Crippen LogP contribution in [0.15, 0.2) is 51.7 Å². The van der Waals surface area contributed by atoms with Gasteiger partial charge in [0, 0.05) is 5.56 Å². The van der Waals surface area contributed by atoms with Crippen LogP contribution in [0.25, 0.3) is 23.1 Å². The Morgan fingerprint density at radius 2 is 1.92 bits per heavy atom. The van der Waals surface area contributed by atoms with E-state index in [2.05, 4.69) is 0 Å². The number of rotatable bonds is 5. The highest BCUT2D eigenvalue weighted by Gasteiger charge is 2.14. The fourth-order valence-corrected chi connectivity index (χ4v) is 2.94. The maximum Gasteiger partial charge on any atom is 0.335 e. The lowest BCUT2D eigenvalue weighted by Crippen LogP contribution is -2.12. The lowest BCUT2D eigenvalue weighted by atomic mass is 10.0. The molecule has 0 saturated heterocycles. The van der Waals surface area contributed by atoms with Crippen molar-refractivity contribution in [2.75, 3.05) is 0 Å². The van der Waals surface area contributed by atoms with E-state index in [1.165, 1.54) is 12.1 Å². The van der Waals surface area contributed by atoms with Crippen molar-refractivity contribution in [2.24, 2.45) is 0 Å². The number of aromatic carboxylic acids is 1. The first-order valence-corrected chi connectivity index (χ1v) is 8.58. The van der Waals surface area contributed by atoms with E-state index in [-0.39, 0.29) is 11.0 Å². The van der Waals surface area contributed by atoms with Gasteiger partial charge in [0.1, 0.15) is 11.3 Å². The van der Waals surface area contributed by atoms with Crippen molar-refractivity contribution in [2.45, 2.75) is 26.7 Å². The zero-order valence-electron chi connectivity index (χ0n) is 14.8. The molecule has 1 aromatic heterocycles. The minimum atomic E-state index is -1.06. The highest BCUT2D eigenvalue weighted by Crippen LogP contribution is 2.21. The number of benzene rings is 2. The zero-order valence-corrected chi connectivity index (χ0v) is 14.8. The summed E-state index contributed by atoms with van der Waals surface area (Å²) in [5.74, 6) is -0.539. The molecule has 26 heavy (non-hydrogen) atoms. The van der Waals surface area contributed by atoms with Crippen LogP contribution >= 0.6 is 0 Å². The van der Waals surface area contributed by atoms with Crippen LogP contribution < -0.4 is 5.43 Å². The molecule has 0 radical (unpaired) electrons. The molecule has 0 atom stereocenters. The Hall–Kier alpha value is -3.14. The van der Waals surface area contributed by atoms with Crippen LogP contribution in [0, 0.1) is 6.92 Å². The molecule has 0 saturated carbocycles. The SMILES string of the molecule is CCCc1c(C=Cc2ccccc2C)oc2ccc(C(=O)O)cc2c1=O. The number of carbonyl (C=O) groups is 1. The van der Waals surface area contributed by atoms with E-state index < -0.39 is 5.97 Å². The molecule has 0 spiro atoms. The Balaban J connectivity index is 2.17. The molecule has 0 bridgehead atoms. The molecule has 2 aromatic carbocycles. The number of carboxylic acid groups (broad SMARTS) is 1. The van der Waals surface area contributed by atoms with Crippen molar-refractivity contribution >= 4 is 29.1 Å². The summed E-state index contributed by atoms with van der Waals surface area (Å²) in [6, 6.07) is 12.3. The highest BCUT2D eigenvalue weighted by molar-refractivity contribution is 5.93. The predicted molar refractivity (Wildman–Crippen MR) is 104 cm³/mol. The minimum Gasteiger partial charge on any atom is -0.478 e. The summed E-state index contributed by atoms with van der Waals surface area (Å²) in [7, 11) is 0. The van der Waals surface area contributed by atoms with E-state index in [0.717, 1.165) is 17.5 Å². The topological polar surface area (TPSA) is 67.5 Å². The van der Waals surface area contributed by atoms with Gasteiger partial charge in [-0.3, -0.25) is 4.79 Å². The third-order valence-corrected chi connectivity index (χ3v) is 4.37. The Morgan fingerprint density at radius 3 is 2.62 bits per heavy atom. The summed E-state index contributed by atoms with van der Waals surface area (Å²) in [6.45, 7) is 4.02. The highest BCUT2D eigenvalue weighted by atomic mass is 16.4. The van der Waals surface area contributed by atoms with Gasteiger partial charge >= 0.3 is 5.97 Å². The van der Waals surface area contributed by atoms with E-state index >= 15 is 0 Å². The van der Waals surface area contributed by atoms with E-state index in [0.29, 0.717) is 28.7 Å². The average molecular weight is 348 g/mol. The summed E-state index contributed by atoms with van der Waals surface area (Å²) in [5.41, 5.74) is 3.07. The van der Waals surface area contributed by atoms with Gasteiger partial charge in [-0.2, -0.15) is 0 Å². The smallest absolute Gasteiger partial charge is 0.335 e. The van der Waals surface area contributed by atoms with Crippen molar-refractivity contribution in [3.05, 3.63) is 80.7 Å². The van der Waals surface area contributed by atoms with Gasteiger partial charge in [-0.25, -0.2) is 4.79 Å². The van der Waals surface area contributed by atoms with Crippen molar-refractivity contribution in [1.29, 1.82) is 0 Å². The van der Waals surface area contributed by atoms with Crippen LogP contribution in [-0.4, -0.2) is 11.1 Å². The fourth-order valence-electron chi connectivity index (χ4n) is 2.94. The van der Waals surface area contributed by atoms with E-state index in [9.17, 15) is 9.59 Å². The Kier molecular flexibility index (Phi) is 5.03. The maximum absolute atomic E-state index is 12.9. The van der Waals surface area contributed by atoms with Gasteiger partial charge in [0.25, 0.3) is 0 Å². The van der Waals surface area contributed by atoms with Gasteiger partial charge in [0.15, 0.2) is 5.43 Å².